The molecule has 0 saturated heterocycles. The molecule has 0 radical (unpaired) electrons. The van der Waals surface area contributed by atoms with E-state index in [0.717, 1.165) is 26.8 Å². The van der Waals surface area contributed by atoms with Crippen molar-refractivity contribution in [2.45, 2.75) is 25.8 Å². The zero-order valence-electron chi connectivity index (χ0n) is 16.7. The van der Waals surface area contributed by atoms with E-state index in [2.05, 4.69) is 0 Å². The Morgan fingerprint density at radius 3 is 1.31 bits per heavy atom. The zero-order chi connectivity index (χ0) is 22.6. The summed E-state index contributed by atoms with van der Waals surface area (Å²) in [5, 5.41) is 0. The third kappa shape index (κ3) is 4.50. The third-order valence-electron chi connectivity index (χ3n) is 4.76. The highest BCUT2D eigenvalue weighted by Crippen LogP contribution is 2.69. The van der Waals surface area contributed by atoms with Crippen molar-refractivity contribution in [2.24, 2.45) is 0 Å². The molecule has 4 aromatic rings. The van der Waals surface area contributed by atoms with Crippen LogP contribution in [0.15, 0.2) is 135 Å². The molecule has 0 N–H and O–H groups in total. The van der Waals surface area contributed by atoms with Gasteiger partial charge in [0.25, 0.3) is 0 Å². The van der Waals surface area contributed by atoms with Crippen LogP contribution in [0.4, 0.5) is 13.2 Å². The van der Waals surface area contributed by atoms with Crippen molar-refractivity contribution in [3.8, 4) is 0 Å². The second kappa shape index (κ2) is 9.32. The molecule has 0 heterocycles. The van der Waals surface area contributed by atoms with Gasteiger partial charge in [-0.2, -0.15) is 13.2 Å². The van der Waals surface area contributed by atoms with Gasteiger partial charge in [-0.15, -0.1) is 0 Å². The fraction of sp³-hybridized carbons (Fsp3) is 0.0400. The minimum absolute atomic E-state index is 0.165. The normalized spacial score (nSPS) is 13.5. The topological polar surface area (TPSA) is 26.3 Å². The molecule has 0 spiro atoms. The molecule has 0 aliphatic rings. The summed E-state index contributed by atoms with van der Waals surface area (Å²) in [6.45, 7) is 0. The summed E-state index contributed by atoms with van der Waals surface area (Å²) < 4.78 is 58.6. The lowest BCUT2D eigenvalue weighted by Gasteiger charge is -2.39. The number of alkyl halides is 3. The van der Waals surface area contributed by atoms with Gasteiger partial charge in [-0.25, -0.2) is 7.84 Å². The first-order chi connectivity index (χ1) is 15.4. The monoisotopic (exact) mass is 472 g/mol. The van der Waals surface area contributed by atoms with Crippen LogP contribution in [-0.4, -0.2) is 4.21 Å². The Hall–Kier alpha value is -2.87. The van der Waals surface area contributed by atoms with E-state index in [-0.39, 0.29) is 4.90 Å². The van der Waals surface area contributed by atoms with Crippen LogP contribution >= 0.6 is 10.3 Å². The number of benzene rings is 4. The molecule has 0 saturated carbocycles. The minimum atomic E-state index is -4.46. The summed E-state index contributed by atoms with van der Waals surface area (Å²) in [5.41, 5.74) is -0.800. The van der Waals surface area contributed by atoms with Gasteiger partial charge in [0.05, 0.1) is 10.5 Å². The van der Waals surface area contributed by atoms with Crippen LogP contribution < -0.4 is 0 Å². The van der Waals surface area contributed by atoms with E-state index in [1.165, 1.54) is 12.1 Å². The molecular formula is C25H19F3O2S2. The van der Waals surface area contributed by atoms with Crippen LogP contribution in [0.1, 0.15) is 5.56 Å². The summed E-state index contributed by atoms with van der Waals surface area (Å²) in [6.07, 6.45) is -4.46. The summed E-state index contributed by atoms with van der Waals surface area (Å²) in [4.78, 5) is 2.66. The molecule has 0 aromatic heterocycles. The van der Waals surface area contributed by atoms with Crippen LogP contribution in [0, 0.1) is 0 Å². The SMILES string of the molecule is O=S(OS(c1ccccc1)(c1ccccc1)c1ccccc1)c1ccc(C(F)(F)F)cc1. The first kappa shape index (κ1) is 22.3. The van der Waals surface area contributed by atoms with E-state index in [4.69, 9.17) is 3.63 Å². The van der Waals surface area contributed by atoms with Crippen molar-refractivity contribution >= 4 is 21.4 Å². The molecule has 7 heteroatoms. The van der Waals surface area contributed by atoms with Crippen molar-refractivity contribution in [1.29, 1.82) is 0 Å². The van der Waals surface area contributed by atoms with Crippen molar-refractivity contribution in [3.05, 3.63) is 121 Å². The molecule has 0 bridgehead atoms. The van der Waals surface area contributed by atoms with Crippen molar-refractivity contribution in [3.63, 3.8) is 0 Å². The Morgan fingerprint density at radius 2 is 0.969 bits per heavy atom. The van der Waals surface area contributed by atoms with E-state index in [1.807, 2.05) is 91.0 Å². The van der Waals surface area contributed by atoms with E-state index < -0.39 is 33.1 Å². The van der Waals surface area contributed by atoms with Crippen LogP contribution in [0.5, 0.6) is 0 Å². The predicted molar refractivity (Wildman–Crippen MR) is 121 cm³/mol. The number of halogens is 3. The lowest BCUT2D eigenvalue weighted by Crippen LogP contribution is -2.11. The largest absolute Gasteiger partial charge is 0.416 e. The maximum absolute atomic E-state index is 13.4. The quantitative estimate of drug-likeness (QED) is 0.288. The van der Waals surface area contributed by atoms with Gasteiger partial charge in [-0.1, -0.05) is 54.6 Å². The van der Waals surface area contributed by atoms with Crippen LogP contribution in [0.2, 0.25) is 0 Å². The minimum Gasteiger partial charge on any atom is -0.223 e. The predicted octanol–water partition coefficient (Wildman–Crippen LogP) is 7.64. The molecule has 0 fully saturated rings. The Balaban J connectivity index is 1.85. The highest BCUT2D eigenvalue weighted by molar-refractivity contribution is 8.32. The van der Waals surface area contributed by atoms with Crippen molar-refractivity contribution in [1.82, 2.24) is 0 Å². The van der Waals surface area contributed by atoms with E-state index in [1.54, 1.807) is 0 Å². The average Bonchev–Trinajstić information content (AvgIpc) is 2.83. The maximum Gasteiger partial charge on any atom is 0.416 e. The van der Waals surface area contributed by atoms with Gasteiger partial charge >= 0.3 is 6.18 Å². The van der Waals surface area contributed by atoms with Gasteiger partial charge in [0, 0.05) is 14.7 Å². The number of hydrogen-bond acceptors (Lipinski definition) is 2. The molecule has 2 nitrogen and oxygen atoms in total. The molecule has 1 atom stereocenters. The molecule has 164 valence electrons. The van der Waals surface area contributed by atoms with Crippen molar-refractivity contribution in [2.75, 3.05) is 0 Å². The summed E-state index contributed by atoms with van der Waals surface area (Å²) in [5.74, 6) is 0. The molecule has 0 aliphatic heterocycles. The van der Waals surface area contributed by atoms with Crippen LogP contribution in [0.3, 0.4) is 0 Å². The van der Waals surface area contributed by atoms with Crippen LogP contribution in [-0.2, 0) is 20.9 Å². The van der Waals surface area contributed by atoms with E-state index >= 15 is 0 Å². The van der Waals surface area contributed by atoms with Gasteiger partial charge in [0.15, 0.2) is 11.1 Å². The summed E-state index contributed by atoms with van der Waals surface area (Å²) in [6, 6.07) is 32.7. The fourth-order valence-corrected chi connectivity index (χ4v) is 8.04. The second-order valence-electron chi connectivity index (χ2n) is 6.82. The Labute approximate surface area is 188 Å². The fourth-order valence-electron chi connectivity index (χ4n) is 3.25. The lowest BCUT2D eigenvalue weighted by atomic mass is 10.2. The Bertz CT molecular complexity index is 1080. The molecule has 0 amide bonds. The Morgan fingerprint density at radius 1 is 0.594 bits per heavy atom. The standard InChI is InChI=1S/C25H19F3O2S2/c26-25(27,28)20-16-18-21(19-17-20)31(29)30-32(22-10-4-1-5-11-22,23-12-6-2-7-13-23)24-14-8-3-9-15-24/h1-19H. The molecule has 1 unspecified atom stereocenters. The van der Waals surface area contributed by atoms with Crippen molar-refractivity contribution < 1.29 is 21.0 Å². The maximum atomic E-state index is 13.4. The molecule has 32 heavy (non-hydrogen) atoms. The summed E-state index contributed by atoms with van der Waals surface area (Å²) >= 11 is -2.02. The number of hydrogen-bond donors (Lipinski definition) is 0. The first-order valence-corrected chi connectivity index (χ1v) is 12.3. The molecule has 0 aliphatic carbocycles. The number of rotatable bonds is 6. The molecule has 4 aromatic carbocycles. The lowest BCUT2D eigenvalue weighted by molar-refractivity contribution is -0.137. The smallest absolute Gasteiger partial charge is 0.223 e. The van der Waals surface area contributed by atoms with Gasteiger partial charge in [-0.05, 0) is 71.0 Å². The van der Waals surface area contributed by atoms with Gasteiger partial charge < -0.3 is 0 Å². The molecule has 4 rings (SSSR count). The zero-order valence-corrected chi connectivity index (χ0v) is 18.4. The average molecular weight is 473 g/mol. The molecular weight excluding hydrogens is 453 g/mol. The van der Waals surface area contributed by atoms with E-state index in [9.17, 15) is 17.4 Å². The highest BCUT2D eigenvalue weighted by atomic mass is 32.3. The van der Waals surface area contributed by atoms with Gasteiger partial charge in [-0.3, -0.25) is 0 Å². The van der Waals surface area contributed by atoms with Crippen LogP contribution in [0.25, 0.3) is 0 Å². The second-order valence-corrected chi connectivity index (χ2v) is 10.8. The van der Waals surface area contributed by atoms with Gasteiger partial charge in [0.1, 0.15) is 0 Å². The van der Waals surface area contributed by atoms with E-state index in [0.29, 0.717) is 0 Å². The Kier molecular flexibility index (Phi) is 6.50. The first-order valence-electron chi connectivity index (χ1n) is 9.69. The summed E-state index contributed by atoms with van der Waals surface area (Å²) in [7, 11) is -2.44. The highest BCUT2D eigenvalue weighted by Gasteiger charge is 2.36. The van der Waals surface area contributed by atoms with Gasteiger partial charge in [0.2, 0.25) is 0 Å². The third-order valence-corrected chi connectivity index (χ3v) is 9.54.